The molecule has 2 N–H and O–H groups in total. The van der Waals surface area contributed by atoms with Crippen LogP contribution in [0.2, 0.25) is 0 Å². The number of alkyl halides is 3. The number of rotatable bonds is 5. The molecule has 1 aliphatic rings. The molecule has 0 spiro atoms. The van der Waals surface area contributed by atoms with Crippen molar-refractivity contribution in [2.45, 2.75) is 37.7 Å². The number of carbonyl (C=O) groups excluding carboxylic acids is 2. The number of halogens is 3. The van der Waals surface area contributed by atoms with Crippen molar-refractivity contribution in [2.24, 2.45) is 11.7 Å². The lowest BCUT2D eigenvalue weighted by molar-refractivity contribution is -0.144. The van der Waals surface area contributed by atoms with Crippen LogP contribution in [0.3, 0.4) is 0 Å². The lowest BCUT2D eigenvalue weighted by Gasteiger charge is -2.21. The summed E-state index contributed by atoms with van der Waals surface area (Å²) in [6.45, 7) is 3.46. The Hall–Kier alpha value is -1.80. The molecule has 1 aromatic carbocycles. The highest BCUT2D eigenvalue weighted by Gasteiger charge is 2.47. The Balaban J connectivity index is 2.67. The lowest BCUT2D eigenvalue weighted by Crippen LogP contribution is -2.41. The molecule has 26 heavy (non-hydrogen) atoms. The quantitative estimate of drug-likeness (QED) is 0.774. The summed E-state index contributed by atoms with van der Waals surface area (Å²) in [7, 11) is 1.23. The van der Waals surface area contributed by atoms with E-state index in [9.17, 15) is 22.8 Å². The Bertz CT molecular complexity index is 760. The number of methoxy groups -OCH3 is 1. The minimum atomic E-state index is -4.54. The van der Waals surface area contributed by atoms with Crippen LogP contribution >= 0.6 is 11.8 Å². The molecule has 2 atom stereocenters. The third-order valence-electron chi connectivity index (χ3n) is 4.36. The van der Waals surface area contributed by atoms with Crippen LogP contribution in [-0.2, 0) is 20.5 Å². The van der Waals surface area contributed by atoms with E-state index in [0.717, 1.165) is 23.9 Å². The van der Waals surface area contributed by atoms with Gasteiger partial charge in [0, 0.05) is 10.5 Å². The third-order valence-corrected chi connectivity index (χ3v) is 5.91. The van der Waals surface area contributed by atoms with E-state index in [1.54, 1.807) is 13.8 Å². The molecule has 4 nitrogen and oxygen atoms in total. The fourth-order valence-electron chi connectivity index (χ4n) is 2.82. The van der Waals surface area contributed by atoms with E-state index in [2.05, 4.69) is 0 Å². The van der Waals surface area contributed by atoms with Gasteiger partial charge in [0.2, 0.25) is 0 Å². The summed E-state index contributed by atoms with van der Waals surface area (Å²) in [4.78, 5) is 24.1. The lowest BCUT2D eigenvalue weighted by atomic mass is 9.91. The number of ketones is 1. The van der Waals surface area contributed by atoms with Gasteiger partial charge in [0.15, 0.2) is 5.78 Å². The molecular weight excluding hydrogens is 367 g/mol. The Kier molecular flexibility index (Phi) is 5.87. The number of thioether (sulfide) groups is 1. The topological polar surface area (TPSA) is 69.4 Å². The van der Waals surface area contributed by atoms with Gasteiger partial charge in [0.05, 0.1) is 18.6 Å². The normalized spacial score (nSPS) is 21.9. The summed E-state index contributed by atoms with van der Waals surface area (Å²) in [6.07, 6.45) is -3.92. The molecule has 0 radical (unpaired) electrons. The highest BCUT2D eigenvalue weighted by molar-refractivity contribution is 8.06. The van der Waals surface area contributed by atoms with Crippen molar-refractivity contribution >= 4 is 29.1 Å². The molecule has 1 aliphatic heterocycles. The second-order valence-electron chi connectivity index (χ2n) is 5.98. The highest BCUT2D eigenvalue weighted by atomic mass is 32.2. The van der Waals surface area contributed by atoms with Gasteiger partial charge >= 0.3 is 12.1 Å². The molecule has 2 rings (SSSR count). The van der Waals surface area contributed by atoms with Gasteiger partial charge in [0.1, 0.15) is 4.87 Å². The van der Waals surface area contributed by atoms with Gasteiger partial charge in [-0.05, 0) is 30.5 Å². The molecule has 0 saturated carbocycles. The molecule has 1 aromatic rings. The molecule has 8 heteroatoms. The molecule has 142 valence electrons. The first kappa shape index (κ1) is 20.5. The first-order valence-electron chi connectivity index (χ1n) is 8.11. The summed E-state index contributed by atoms with van der Waals surface area (Å²) in [5, 5.41) is 0. The summed E-state index contributed by atoms with van der Waals surface area (Å²) in [6, 6.07) is 4.51. The van der Waals surface area contributed by atoms with Crippen molar-refractivity contribution < 1.29 is 27.5 Å². The first-order chi connectivity index (χ1) is 12.1. The second kappa shape index (κ2) is 7.44. The Morgan fingerprint density at radius 3 is 2.50 bits per heavy atom. The Morgan fingerprint density at radius 1 is 1.35 bits per heavy atom. The number of esters is 1. The van der Waals surface area contributed by atoms with E-state index in [-0.39, 0.29) is 17.6 Å². The molecule has 1 heterocycles. The average Bonchev–Trinajstić information content (AvgIpc) is 2.86. The molecule has 0 fully saturated rings. The second-order valence-corrected chi connectivity index (χ2v) is 7.35. The predicted octanol–water partition coefficient (Wildman–Crippen LogP) is 4.00. The first-order valence-corrected chi connectivity index (χ1v) is 8.93. The number of carbonyl (C=O) groups is 2. The molecule has 0 bridgehead atoms. The Morgan fingerprint density at radius 2 is 2.00 bits per heavy atom. The zero-order valence-corrected chi connectivity index (χ0v) is 15.5. The van der Waals surface area contributed by atoms with Crippen LogP contribution in [-0.4, -0.2) is 23.7 Å². The van der Waals surface area contributed by atoms with Crippen LogP contribution in [0.15, 0.2) is 29.2 Å². The summed E-state index contributed by atoms with van der Waals surface area (Å²) >= 11 is 1.04. The van der Waals surface area contributed by atoms with Gasteiger partial charge in [-0.3, -0.25) is 9.59 Å². The SMILES string of the molecule is CCC(C(=O)OC)C1=C(c2cccc(C(F)(F)F)c2)C(=O)C(N)(CC)S1. The van der Waals surface area contributed by atoms with Gasteiger partial charge in [0.25, 0.3) is 0 Å². The van der Waals surface area contributed by atoms with Crippen molar-refractivity contribution in [2.75, 3.05) is 7.11 Å². The average molecular weight is 387 g/mol. The minimum absolute atomic E-state index is 0.0719. The van der Waals surface area contributed by atoms with Crippen LogP contribution in [0, 0.1) is 5.92 Å². The van der Waals surface area contributed by atoms with Gasteiger partial charge < -0.3 is 10.5 Å². The van der Waals surface area contributed by atoms with Crippen molar-refractivity contribution in [1.82, 2.24) is 0 Å². The third kappa shape index (κ3) is 3.66. The number of hydrogen-bond donors (Lipinski definition) is 1. The largest absolute Gasteiger partial charge is 0.469 e. The van der Waals surface area contributed by atoms with Crippen molar-refractivity contribution in [1.29, 1.82) is 0 Å². The fourth-order valence-corrected chi connectivity index (χ4v) is 4.27. The number of hydrogen-bond acceptors (Lipinski definition) is 5. The summed E-state index contributed by atoms with van der Waals surface area (Å²) in [5.41, 5.74) is 5.49. The van der Waals surface area contributed by atoms with Crippen LogP contribution in [0.5, 0.6) is 0 Å². The van der Waals surface area contributed by atoms with Gasteiger partial charge in [-0.1, -0.05) is 37.7 Å². The number of nitrogens with two attached hydrogens (primary N) is 1. The number of benzene rings is 1. The highest BCUT2D eigenvalue weighted by Crippen LogP contribution is 2.50. The number of Topliss-reactive ketones (excluding diaryl/α,β-unsaturated/α-hetero) is 1. The zero-order chi connectivity index (χ0) is 19.7. The predicted molar refractivity (Wildman–Crippen MR) is 94.0 cm³/mol. The van der Waals surface area contributed by atoms with E-state index < -0.39 is 34.3 Å². The summed E-state index contributed by atoms with van der Waals surface area (Å²) in [5.74, 6) is -1.77. The van der Waals surface area contributed by atoms with E-state index in [0.29, 0.717) is 11.3 Å². The van der Waals surface area contributed by atoms with Crippen molar-refractivity contribution in [3.8, 4) is 0 Å². The van der Waals surface area contributed by atoms with E-state index in [1.807, 2.05) is 0 Å². The van der Waals surface area contributed by atoms with Crippen molar-refractivity contribution in [3.63, 3.8) is 0 Å². The maximum Gasteiger partial charge on any atom is 0.416 e. The van der Waals surface area contributed by atoms with E-state index >= 15 is 0 Å². The molecule has 2 unspecified atom stereocenters. The van der Waals surface area contributed by atoms with Crippen LogP contribution in [0.4, 0.5) is 13.2 Å². The maximum atomic E-state index is 13.1. The minimum Gasteiger partial charge on any atom is -0.469 e. The van der Waals surface area contributed by atoms with Crippen LogP contribution in [0.25, 0.3) is 5.57 Å². The molecule has 0 aromatic heterocycles. The molecular formula is C18H20F3NO3S. The van der Waals surface area contributed by atoms with Gasteiger partial charge in [-0.2, -0.15) is 13.2 Å². The molecule has 0 saturated heterocycles. The van der Waals surface area contributed by atoms with Crippen LogP contribution < -0.4 is 5.73 Å². The van der Waals surface area contributed by atoms with Gasteiger partial charge in [-0.25, -0.2) is 0 Å². The van der Waals surface area contributed by atoms with E-state index in [1.165, 1.54) is 19.2 Å². The Labute approximate surface area is 154 Å². The smallest absolute Gasteiger partial charge is 0.416 e. The summed E-state index contributed by atoms with van der Waals surface area (Å²) < 4.78 is 44.0. The number of ether oxygens (including phenoxy) is 1. The van der Waals surface area contributed by atoms with E-state index in [4.69, 9.17) is 10.5 Å². The molecule has 0 amide bonds. The van der Waals surface area contributed by atoms with Crippen LogP contribution in [0.1, 0.15) is 37.8 Å². The molecule has 0 aliphatic carbocycles. The fraction of sp³-hybridized carbons (Fsp3) is 0.444. The van der Waals surface area contributed by atoms with Crippen molar-refractivity contribution in [3.05, 3.63) is 40.3 Å². The standard InChI is InChI=1S/C18H20F3NO3S/c1-4-12(16(24)25-3)14-13(15(23)17(22,5-2)26-14)10-7-6-8-11(9-10)18(19,20)21/h6-9,12H,4-5,22H2,1-3H3. The zero-order valence-electron chi connectivity index (χ0n) is 14.6. The maximum absolute atomic E-state index is 13.1. The van der Waals surface area contributed by atoms with Gasteiger partial charge in [-0.15, -0.1) is 0 Å². The monoisotopic (exact) mass is 387 g/mol.